The van der Waals surface area contributed by atoms with Gasteiger partial charge in [-0.05, 0) is 12.8 Å². The summed E-state index contributed by atoms with van der Waals surface area (Å²) >= 11 is 6.35. The van der Waals surface area contributed by atoms with Crippen molar-refractivity contribution in [1.82, 2.24) is 9.55 Å². The number of unbranched alkanes of at least 4 members (excludes halogenated alkanes) is 5. The van der Waals surface area contributed by atoms with Crippen LogP contribution in [-0.2, 0) is 12.5 Å². The highest BCUT2D eigenvalue weighted by Gasteiger charge is 2.31. The van der Waals surface area contributed by atoms with Crippen LogP contribution < -0.4 is 0 Å². The summed E-state index contributed by atoms with van der Waals surface area (Å²) in [5.41, 5.74) is 1.40. The maximum Gasteiger partial charge on any atom is 0.150 e. The van der Waals surface area contributed by atoms with Gasteiger partial charge in [-0.25, -0.2) is 4.98 Å². The Balaban J connectivity index is 2.77. The number of halogens is 1. The van der Waals surface area contributed by atoms with Crippen LogP contribution in [-0.4, -0.2) is 9.55 Å². The molecule has 1 aromatic rings. The Kier molecular flexibility index (Phi) is 7.65. The van der Waals surface area contributed by atoms with Crippen LogP contribution in [0.5, 0.6) is 0 Å². The van der Waals surface area contributed by atoms with E-state index in [4.69, 9.17) is 11.6 Å². The molecule has 1 aromatic heterocycles. The molecule has 2 nitrogen and oxygen atoms in total. The van der Waals surface area contributed by atoms with E-state index in [2.05, 4.69) is 37.4 Å². The van der Waals surface area contributed by atoms with E-state index in [1.54, 1.807) is 0 Å². The van der Waals surface area contributed by atoms with Crippen molar-refractivity contribution in [2.45, 2.75) is 84.0 Å². The molecule has 0 saturated carbocycles. The van der Waals surface area contributed by atoms with Crippen LogP contribution >= 0.6 is 11.6 Å². The Morgan fingerprint density at radius 2 is 1.60 bits per heavy atom. The Hall–Kier alpha value is -0.500. The van der Waals surface area contributed by atoms with Crippen LogP contribution in [0.4, 0.5) is 0 Å². The second kappa shape index (κ2) is 8.71. The van der Waals surface area contributed by atoms with E-state index in [9.17, 15) is 0 Å². The fraction of sp³-hybridized carbons (Fsp3) is 0.824. The first kappa shape index (κ1) is 17.6. The Morgan fingerprint density at radius 1 is 1.05 bits per heavy atom. The first-order valence-electron chi connectivity index (χ1n) is 8.22. The predicted molar refractivity (Wildman–Crippen MR) is 88.5 cm³/mol. The van der Waals surface area contributed by atoms with Gasteiger partial charge in [0.2, 0.25) is 0 Å². The molecule has 0 amide bonds. The first-order valence-corrected chi connectivity index (χ1v) is 8.60. The number of rotatable bonds is 10. The molecular formula is C17H31ClN2. The number of hydrogen-bond acceptors (Lipinski definition) is 1. The normalized spacial score (nSPS) is 14.4. The lowest BCUT2D eigenvalue weighted by atomic mass is 9.77. The summed E-state index contributed by atoms with van der Waals surface area (Å²) in [7, 11) is 2.07. The van der Waals surface area contributed by atoms with Gasteiger partial charge in [0.25, 0.3) is 0 Å². The van der Waals surface area contributed by atoms with Crippen LogP contribution in [0.25, 0.3) is 0 Å². The third-order valence-electron chi connectivity index (χ3n) is 4.38. The molecule has 1 rings (SSSR count). The third kappa shape index (κ3) is 4.80. The molecule has 0 fully saturated rings. The van der Waals surface area contributed by atoms with Gasteiger partial charge in [-0.1, -0.05) is 77.3 Å². The molecule has 0 radical (unpaired) electrons. The van der Waals surface area contributed by atoms with Gasteiger partial charge in [0.1, 0.15) is 0 Å². The molecule has 0 aliphatic carbocycles. The lowest BCUT2D eigenvalue weighted by Crippen LogP contribution is -2.25. The highest BCUT2D eigenvalue weighted by Crippen LogP contribution is 2.38. The lowest BCUT2D eigenvalue weighted by molar-refractivity contribution is 0.349. The number of hydrogen-bond donors (Lipinski definition) is 0. The largest absolute Gasteiger partial charge is 0.336 e. The van der Waals surface area contributed by atoms with Gasteiger partial charge in [-0.2, -0.15) is 0 Å². The van der Waals surface area contributed by atoms with E-state index in [0.29, 0.717) is 5.15 Å². The molecule has 1 heterocycles. The van der Waals surface area contributed by atoms with Crippen molar-refractivity contribution in [2.24, 2.45) is 7.05 Å². The SMILES string of the molecule is CCCCCCC(C)(CCCCC)c1c(Cl)ncn1C. The second-order valence-corrected chi connectivity index (χ2v) is 6.68. The molecule has 0 saturated heterocycles. The van der Waals surface area contributed by atoms with E-state index in [1.165, 1.54) is 63.5 Å². The summed E-state index contributed by atoms with van der Waals surface area (Å²) in [5, 5.41) is 0.696. The Morgan fingerprint density at radius 3 is 2.10 bits per heavy atom. The van der Waals surface area contributed by atoms with Crippen LogP contribution in [0.1, 0.15) is 84.3 Å². The number of imidazole rings is 1. The van der Waals surface area contributed by atoms with Gasteiger partial charge < -0.3 is 4.57 Å². The zero-order chi connectivity index (χ0) is 15.0. The van der Waals surface area contributed by atoms with Gasteiger partial charge >= 0.3 is 0 Å². The van der Waals surface area contributed by atoms with Crippen molar-refractivity contribution in [3.05, 3.63) is 17.2 Å². The predicted octanol–water partition coefficient (Wildman–Crippen LogP) is 5.88. The molecule has 20 heavy (non-hydrogen) atoms. The van der Waals surface area contributed by atoms with E-state index in [1.807, 2.05) is 6.33 Å². The Labute approximate surface area is 129 Å². The van der Waals surface area contributed by atoms with Crippen molar-refractivity contribution < 1.29 is 0 Å². The van der Waals surface area contributed by atoms with Gasteiger partial charge in [-0.3, -0.25) is 0 Å². The number of aryl methyl sites for hydroxylation is 1. The summed E-state index contributed by atoms with van der Waals surface area (Å²) in [4.78, 5) is 4.28. The summed E-state index contributed by atoms with van der Waals surface area (Å²) in [6, 6.07) is 0. The summed E-state index contributed by atoms with van der Waals surface area (Å²) in [5.74, 6) is 0. The molecule has 1 atom stereocenters. The maximum atomic E-state index is 6.35. The summed E-state index contributed by atoms with van der Waals surface area (Å²) in [6.45, 7) is 6.89. The first-order chi connectivity index (χ1) is 9.55. The van der Waals surface area contributed by atoms with Gasteiger partial charge in [0, 0.05) is 12.5 Å². The highest BCUT2D eigenvalue weighted by molar-refractivity contribution is 6.30. The van der Waals surface area contributed by atoms with Gasteiger partial charge in [0.15, 0.2) is 5.15 Å². The minimum Gasteiger partial charge on any atom is -0.336 e. The monoisotopic (exact) mass is 298 g/mol. The Bertz CT molecular complexity index is 367. The third-order valence-corrected chi connectivity index (χ3v) is 4.65. The van der Waals surface area contributed by atoms with E-state index in [-0.39, 0.29) is 5.41 Å². The molecule has 3 heteroatoms. The lowest BCUT2D eigenvalue weighted by Gasteiger charge is -2.31. The standard InChI is InChI=1S/C17H31ClN2/c1-5-7-9-11-13-17(3,12-10-8-6-2)15-16(18)19-14-20(15)4/h14H,5-13H2,1-4H3. The van der Waals surface area contributed by atoms with Gasteiger partial charge in [-0.15, -0.1) is 0 Å². The second-order valence-electron chi connectivity index (χ2n) is 6.32. The highest BCUT2D eigenvalue weighted by atomic mass is 35.5. The van der Waals surface area contributed by atoms with Gasteiger partial charge in [0.05, 0.1) is 12.0 Å². The van der Waals surface area contributed by atoms with Crippen LogP contribution in [0.2, 0.25) is 5.15 Å². The molecule has 0 spiro atoms. The smallest absolute Gasteiger partial charge is 0.150 e. The van der Waals surface area contributed by atoms with Crippen molar-refractivity contribution in [2.75, 3.05) is 0 Å². The number of aromatic nitrogens is 2. The molecule has 0 bridgehead atoms. The van der Waals surface area contributed by atoms with Crippen molar-refractivity contribution in [1.29, 1.82) is 0 Å². The molecular weight excluding hydrogens is 268 g/mol. The minimum absolute atomic E-state index is 0.172. The molecule has 116 valence electrons. The molecule has 0 N–H and O–H groups in total. The van der Waals surface area contributed by atoms with E-state index < -0.39 is 0 Å². The number of nitrogens with zero attached hydrogens (tertiary/aromatic N) is 2. The maximum absolute atomic E-state index is 6.35. The van der Waals surface area contributed by atoms with Crippen LogP contribution in [0.3, 0.4) is 0 Å². The molecule has 1 unspecified atom stereocenters. The van der Waals surface area contributed by atoms with Crippen molar-refractivity contribution in [3.63, 3.8) is 0 Å². The fourth-order valence-electron chi connectivity index (χ4n) is 3.15. The quantitative estimate of drug-likeness (QED) is 0.493. The topological polar surface area (TPSA) is 17.8 Å². The zero-order valence-corrected chi connectivity index (χ0v) is 14.5. The van der Waals surface area contributed by atoms with Crippen LogP contribution in [0.15, 0.2) is 6.33 Å². The average Bonchev–Trinajstić information content (AvgIpc) is 2.75. The molecule has 0 aromatic carbocycles. The van der Waals surface area contributed by atoms with E-state index >= 15 is 0 Å². The van der Waals surface area contributed by atoms with Crippen LogP contribution in [0, 0.1) is 0 Å². The molecule has 0 aliphatic heterocycles. The molecule has 0 aliphatic rings. The summed E-state index contributed by atoms with van der Waals surface area (Å²) in [6.07, 6.45) is 13.4. The van der Waals surface area contributed by atoms with Crippen molar-refractivity contribution >= 4 is 11.6 Å². The minimum atomic E-state index is 0.172. The van der Waals surface area contributed by atoms with Crippen molar-refractivity contribution in [3.8, 4) is 0 Å². The fourth-order valence-corrected chi connectivity index (χ4v) is 3.55. The van der Waals surface area contributed by atoms with E-state index in [0.717, 1.165) is 0 Å². The summed E-state index contributed by atoms with van der Waals surface area (Å²) < 4.78 is 2.12. The zero-order valence-electron chi connectivity index (χ0n) is 13.7. The average molecular weight is 299 g/mol.